The Kier molecular flexibility index (Phi) is 5.08. The summed E-state index contributed by atoms with van der Waals surface area (Å²) in [6.45, 7) is 4.11. The number of rotatable bonds is 4. The van der Waals surface area contributed by atoms with Gasteiger partial charge in [-0.25, -0.2) is 9.78 Å². The average molecular weight is 388 g/mol. The van der Waals surface area contributed by atoms with Crippen molar-refractivity contribution >= 4 is 32.7 Å². The number of anilines is 1. The second-order valence-corrected chi connectivity index (χ2v) is 7.83. The van der Waals surface area contributed by atoms with Gasteiger partial charge in [0.2, 0.25) is 0 Å². The zero-order valence-corrected chi connectivity index (χ0v) is 16.6. The maximum absolute atomic E-state index is 12.7. The highest BCUT2D eigenvalue weighted by Gasteiger charge is 2.17. The van der Waals surface area contributed by atoms with Gasteiger partial charge in [0.05, 0.1) is 16.3 Å². The van der Waals surface area contributed by atoms with Crippen LogP contribution < -0.4 is 10.6 Å². The summed E-state index contributed by atoms with van der Waals surface area (Å²) in [6, 6.07) is 23.6. The Morgan fingerprint density at radius 2 is 1.54 bits per heavy atom. The largest absolute Gasteiger partial charge is 0.327 e. The van der Waals surface area contributed by atoms with Crippen molar-refractivity contribution in [3.05, 3.63) is 95.1 Å². The first-order valence-corrected chi connectivity index (χ1v) is 9.97. The number of aryl methyl sites for hydroxylation is 2. The molecule has 0 aliphatic carbocycles. The normalized spacial score (nSPS) is 11.0. The van der Waals surface area contributed by atoms with E-state index in [0.717, 1.165) is 26.9 Å². The molecule has 2 N–H and O–H groups in total. The minimum atomic E-state index is -0.272. The van der Waals surface area contributed by atoms with Crippen LogP contribution in [0.5, 0.6) is 0 Å². The van der Waals surface area contributed by atoms with Gasteiger partial charge in [-0.05, 0) is 42.2 Å². The van der Waals surface area contributed by atoms with Crippen molar-refractivity contribution in [1.82, 2.24) is 10.3 Å². The molecule has 0 fully saturated rings. The number of carbonyl (C=O) groups is 1. The van der Waals surface area contributed by atoms with E-state index in [-0.39, 0.29) is 12.1 Å². The number of thiazole rings is 1. The highest BCUT2D eigenvalue weighted by Crippen LogP contribution is 2.29. The van der Waals surface area contributed by atoms with Gasteiger partial charge in [-0.2, -0.15) is 0 Å². The lowest BCUT2D eigenvalue weighted by molar-refractivity contribution is 0.250. The Morgan fingerprint density at radius 3 is 2.14 bits per heavy atom. The SMILES string of the molecule is Cc1cc(C)c2nc(NC(=O)NC(c3ccccc3)c3ccccc3)sc2c1. The van der Waals surface area contributed by atoms with Crippen LogP contribution in [-0.2, 0) is 0 Å². The van der Waals surface area contributed by atoms with Crippen LogP contribution in [0.25, 0.3) is 10.2 Å². The molecule has 0 aliphatic heterocycles. The van der Waals surface area contributed by atoms with Crippen LogP contribution in [0.15, 0.2) is 72.8 Å². The molecule has 4 rings (SSSR count). The summed E-state index contributed by atoms with van der Waals surface area (Å²) in [6.07, 6.45) is 0. The summed E-state index contributed by atoms with van der Waals surface area (Å²) in [7, 11) is 0. The van der Waals surface area contributed by atoms with Crippen molar-refractivity contribution in [2.24, 2.45) is 0 Å². The molecule has 4 aromatic rings. The fourth-order valence-corrected chi connectivity index (χ4v) is 4.38. The summed E-state index contributed by atoms with van der Waals surface area (Å²) in [5.41, 5.74) is 5.30. The molecule has 1 heterocycles. The predicted octanol–water partition coefficient (Wildman–Crippen LogP) is 5.82. The van der Waals surface area contributed by atoms with Gasteiger partial charge in [0.1, 0.15) is 0 Å². The standard InChI is InChI=1S/C23H21N3OS/c1-15-13-16(2)20-19(14-15)28-23(25-20)26-22(27)24-21(17-9-5-3-6-10-17)18-11-7-4-8-12-18/h3-14,21H,1-2H3,(H2,24,25,26,27). The van der Waals surface area contributed by atoms with Gasteiger partial charge in [-0.15, -0.1) is 0 Å². The Balaban J connectivity index is 1.58. The van der Waals surface area contributed by atoms with Crippen LogP contribution in [0.4, 0.5) is 9.93 Å². The third-order valence-corrected chi connectivity index (χ3v) is 5.51. The zero-order chi connectivity index (χ0) is 19.5. The molecular formula is C23H21N3OS. The molecular weight excluding hydrogens is 366 g/mol. The van der Waals surface area contributed by atoms with Crippen molar-refractivity contribution in [1.29, 1.82) is 0 Å². The molecule has 0 unspecified atom stereocenters. The number of hydrogen-bond acceptors (Lipinski definition) is 3. The Hall–Kier alpha value is -3.18. The highest BCUT2D eigenvalue weighted by atomic mass is 32.1. The summed E-state index contributed by atoms with van der Waals surface area (Å²) in [4.78, 5) is 17.3. The second-order valence-electron chi connectivity index (χ2n) is 6.80. The number of nitrogens with one attached hydrogen (secondary N) is 2. The van der Waals surface area contributed by atoms with Gasteiger partial charge in [0, 0.05) is 0 Å². The first-order chi connectivity index (χ1) is 13.6. The minimum absolute atomic E-state index is 0.235. The van der Waals surface area contributed by atoms with Crippen molar-refractivity contribution < 1.29 is 4.79 Å². The predicted molar refractivity (Wildman–Crippen MR) is 116 cm³/mol. The van der Waals surface area contributed by atoms with Crippen molar-refractivity contribution in [2.75, 3.05) is 5.32 Å². The van der Waals surface area contributed by atoms with E-state index in [1.807, 2.05) is 67.6 Å². The lowest BCUT2D eigenvalue weighted by Gasteiger charge is -2.19. The van der Waals surface area contributed by atoms with Gasteiger partial charge in [-0.1, -0.05) is 78.1 Å². The monoisotopic (exact) mass is 387 g/mol. The fourth-order valence-electron chi connectivity index (χ4n) is 3.34. The molecule has 3 aromatic carbocycles. The number of urea groups is 1. The van der Waals surface area contributed by atoms with Crippen LogP contribution in [0, 0.1) is 13.8 Å². The topological polar surface area (TPSA) is 54.0 Å². The molecule has 0 spiro atoms. The van der Waals surface area contributed by atoms with E-state index >= 15 is 0 Å². The van der Waals surface area contributed by atoms with Crippen LogP contribution in [-0.4, -0.2) is 11.0 Å². The molecule has 28 heavy (non-hydrogen) atoms. The maximum Gasteiger partial charge on any atom is 0.321 e. The number of fused-ring (bicyclic) bond motifs is 1. The number of nitrogens with zero attached hydrogens (tertiary/aromatic N) is 1. The summed E-state index contributed by atoms with van der Waals surface area (Å²) in [5.74, 6) is 0. The smallest absolute Gasteiger partial charge is 0.321 e. The van der Waals surface area contributed by atoms with E-state index in [1.54, 1.807) is 0 Å². The Morgan fingerprint density at radius 1 is 0.929 bits per heavy atom. The first kappa shape index (κ1) is 18.2. The second kappa shape index (κ2) is 7.82. The van der Waals surface area contributed by atoms with Crippen molar-refractivity contribution in [3.63, 3.8) is 0 Å². The third-order valence-electron chi connectivity index (χ3n) is 4.59. The maximum atomic E-state index is 12.7. The lowest BCUT2D eigenvalue weighted by Crippen LogP contribution is -2.33. The van der Waals surface area contributed by atoms with Gasteiger partial charge in [0.15, 0.2) is 5.13 Å². The minimum Gasteiger partial charge on any atom is -0.327 e. The first-order valence-electron chi connectivity index (χ1n) is 9.15. The van der Waals surface area contributed by atoms with E-state index in [4.69, 9.17) is 0 Å². The third kappa shape index (κ3) is 3.89. The number of carbonyl (C=O) groups excluding carboxylic acids is 1. The fraction of sp³-hybridized carbons (Fsp3) is 0.130. The van der Waals surface area contributed by atoms with Crippen LogP contribution in [0.3, 0.4) is 0 Å². The summed E-state index contributed by atoms with van der Waals surface area (Å²) < 4.78 is 1.08. The van der Waals surface area contributed by atoms with Gasteiger partial charge >= 0.3 is 6.03 Å². The van der Waals surface area contributed by atoms with Crippen LogP contribution in [0.1, 0.15) is 28.3 Å². The van der Waals surface area contributed by atoms with E-state index < -0.39 is 0 Å². The highest BCUT2D eigenvalue weighted by molar-refractivity contribution is 7.22. The number of aromatic nitrogens is 1. The van der Waals surface area contributed by atoms with E-state index in [2.05, 4.69) is 34.7 Å². The number of hydrogen-bond donors (Lipinski definition) is 2. The Bertz CT molecular complexity index is 1070. The molecule has 140 valence electrons. The molecule has 4 nitrogen and oxygen atoms in total. The molecule has 1 aromatic heterocycles. The summed E-state index contributed by atoms with van der Waals surface area (Å²) >= 11 is 1.49. The number of benzene rings is 3. The van der Waals surface area contributed by atoms with Gasteiger partial charge in [-0.3, -0.25) is 5.32 Å². The molecule has 0 atom stereocenters. The number of amides is 2. The van der Waals surface area contributed by atoms with Crippen molar-refractivity contribution in [3.8, 4) is 0 Å². The molecule has 0 radical (unpaired) electrons. The van der Waals surface area contributed by atoms with Gasteiger partial charge < -0.3 is 5.32 Å². The van der Waals surface area contributed by atoms with Crippen LogP contribution >= 0.6 is 11.3 Å². The molecule has 0 aliphatic rings. The molecule has 0 bridgehead atoms. The summed E-state index contributed by atoms with van der Waals surface area (Å²) in [5, 5.41) is 6.59. The van der Waals surface area contributed by atoms with Gasteiger partial charge in [0.25, 0.3) is 0 Å². The van der Waals surface area contributed by atoms with E-state index in [9.17, 15) is 4.79 Å². The lowest BCUT2D eigenvalue weighted by atomic mass is 9.99. The molecule has 2 amide bonds. The Labute approximate surface area is 168 Å². The molecule has 0 saturated heterocycles. The molecule has 0 saturated carbocycles. The van der Waals surface area contributed by atoms with Crippen LogP contribution in [0.2, 0.25) is 0 Å². The quantitative estimate of drug-likeness (QED) is 0.463. The van der Waals surface area contributed by atoms with E-state index in [0.29, 0.717) is 5.13 Å². The molecule has 5 heteroatoms. The average Bonchev–Trinajstić information content (AvgIpc) is 3.10. The zero-order valence-electron chi connectivity index (χ0n) is 15.8. The van der Waals surface area contributed by atoms with E-state index in [1.165, 1.54) is 16.9 Å². The van der Waals surface area contributed by atoms with Crippen molar-refractivity contribution in [2.45, 2.75) is 19.9 Å².